The van der Waals surface area contributed by atoms with Gasteiger partial charge in [-0.2, -0.15) is 0 Å². The second-order valence-electron chi connectivity index (χ2n) is 4.83. The van der Waals surface area contributed by atoms with Crippen LogP contribution in [0.15, 0.2) is 42.2 Å². The average Bonchev–Trinajstić information content (AvgIpc) is 3.03. The highest BCUT2D eigenvalue weighted by Gasteiger charge is 2.14. The third-order valence-corrected chi connectivity index (χ3v) is 4.24. The molecule has 2 heterocycles. The van der Waals surface area contributed by atoms with Gasteiger partial charge >= 0.3 is 0 Å². The van der Waals surface area contributed by atoms with Crippen molar-refractivity contribution in [2.24, 2.45) is 0 Å². The highest BCUT2D eigenvalue weighted by atomic mass is 32.1. The van der Waals surface area contributed by atoms with Gasteiger partial charge in [-0.25, -0.2) is 4.98 Å². The molecule has 0 atom stereocenters. The molecular formula is C16H14N4OS. The summed E-state index contributed by atoms with van der Waals surface area (Å²) in [5.41, 5.74) is 4.04. The number of hydrogen-bond donors (Lipinski definition) is 1. The van der Waals surface area contributed by atoms with Gasteiger partial charge in [0.25, 0.3) is 5.91 Å². The number of rotatable bonds is 3. The van der Waals surface area contributed by atoms with E-state index in [-0.39, 0.29) is 5.91 Å². The van der Waals surface area contributed by atoms with Crippen molar-refractivity contribution >= 4 is 22.9 Å². The fraction of sp³-hybridized carbons (Fsp3) is 0.125. The first kappa shape index (κ1) is 14.3. The third-order valence-electron chi connectivity index (χ3n) is 3.37. The summed E-state index contributed by atoms with van der Waals surface area (Å²) in [6, 6.07) is 5.82. The number of aromatic nitrogens is 3. The van der Waals surface area contributed by atoms with E-state index in [9.17, 15) is 4.79 Å². The number of benzene rings is 1. The molecule has 0 saturated carbocycles. The standard InChI is InChI=1S/C16H14N4OS/c1-10-4-3-5-12(11(10)2)19-15(21)14-9-22-16(20-14)13-8-17-6-7-18-13/h3-9H,1-2H3,(H,19,21). The second kappa shape index (κ2) is 6.03. The molecular weight excluding hydrogens is 296 g/mol. The average molecular weight is 310 g/mol. The molecule has 0 unspecified atom stereocenters. The lowest BCUT2D eigenvalue weighted by molar-refractivity contribution is 0.102. The number of hydrogen-bond acceptors (Lipinski definition) is 5. The van der Waals surface area contributed by atoms with Crippen molar-refractivity contribution in [1.82, 2.24) is 15.0 Å². The van der Waals surface area contributed by atoms with Gasteiger partial charge in [0, 0.05) is 23.5 Å². The lowest BCUT2D eigenvalue weighted by atomic mass is 10.1. The van der Waals surface area contributed by atoms with E-state index in [1.54, 1.807) is 24.0 Å². The van der Waals surface area contributed by atoms with Gasteiger partial charge < -0.3 is 5.32 Å². The van der Waals surface area contributed by atoms with Crippen molar-refractivity contribution in [2.45, 2.75) is 13.8 Å². The van der Waals surface area contributed by atoms with E-state index in [1.165, 1.54) is 11.3 Å². The number of aryl methyl sites for hydroxylation is 1. The van der Waals surface area contributed by atoms with Gasteiger partial charge in [0.05, 0.1) is 6.20 Å². The Balaban J connectivity index is 1.82. The fourth-order valence-corrected chi connectivity index (χ4v) is 2.74. The van der Waals surface area contributed by atoms with E-state index in [2.05, 4.69) is 20.3 Å². The quantitative estimate of drug-likeness (QED) is 0.804. The van der Waals surface area contributed by atoms with Gasteiger partial charge in [0.2, 0.25) is 0 Å². The summed E-state index contributed by atoms with van der Waals surface area (Å²) in [6.45, 7) is 4.00. The van der Waals surface area contributed by atoms with Crippen molar-refractivity contribution in [1.29, 1.82) is 0 Å². The Bertz CT molecular complexity index is 814. The number of thiazole rings is 1. The zero-order valence-electron chi connectivity index (χ0n) is 12.2. The molecule has 3 aromatic rings. The first-order valence-corrected chi connectivity index (χ1v) is 7.62. The van der Waals surface area contributed by atoms with Crippen LogP contribution in [0.4, 0.5) is 5.69 Å². The zero-order chi connectivity index (χ0) is 15.5. The Hall–Kier alpha value is -2.60. The van der Waals surface area contributed by atoms with E-state index in [0.717, 1.165) is 16.8 Å². The van der Waals surface area contributed by atoms with Crippen LogP contribution in [-0.4, -0.2) is 20.9 Å². The maximum absolute atomic E-state index is 12.3. The molecule has 1 aromatic carbocycles. The predicted molar refractivity (Wildman–Crippen MR) is 87.0 cm³/mol. The van der Waals surface area contributed by atoms with Crippen molar-refractivity contribution < 1.29 is 4.79 Å². The minimum Gasteiger partial charge on any atom is -0.320 e. The summed E-state index contributed by atoms with van der Waals surface area (Å²) in [6.07, 6.45) is 4.84. The van der Waals surface area contributed by atoms with Crippen LogP contribution in [0.1, 0.15) is 21.6 Å². The van der Waals surface area contributed by atoms with Crippen LogP contribution >= 0.6 is 11.3 Å². The lowest BCUT2D eigenvalue weighted by Gasteiger charge is -2.09. The molecule has 0 aliphatic heterocycles. The van der Waals surface area contributed by atoms with Crippen LogP contribution in [0.5, 0.6) is 0 Å². The molecule has 1 amide bonds. The largest absolute Gasteiger partial charge is 0.320 e. The molecule has 0 radical (unpaired) electrons. The third kappa shape index (κ3) is 2.87. The summed E-state index contributed by atoms with van der Waals surface area (Å²) < 4.78 is 0. The molecule has 0 saturated heterocycles. The first-order valence-electron chi connectivity index (χ1n) is 6.74. The van der Waals surface area contributed by atoms with E-state index in [0.29, 0.717) is 16.4 Å². The molecule has 6 heteroatoms. The summed E-state index contributed by atoms with van der Waals surface area (Å²) in [5, 5.41) is 5.31. The maximum atomic E-state index is 12.3. The van der Waals surface area contributed by atoms with Gasteiger partial charge in [-0.3, -0.25) is 14.8 Å². The summed E-state index contributed by atoms with van der Waals surface area (Å²) >= 11 is 1.37. The van der Waals surface area contributed by atoms with E-state index in [4.69, 9.17) is 0 Å². The smallest absolute Gasteiger partial charge is 0.275 e. The molecule has 0 aliphatic rings. The highest BCUT2D eigenvalue weighted by Crippen LogP contribution is 2.23. The number of anilines is 1. The van der Waals surface area contributed by atoms with Gasteiger partial charge in [0.15, 0.2) is 0 Å². The summed E-state index contributed by atoms with van der Waals surface area (Å²) in [5.74, 6) is -0.222. The van der Waals surface area contributed by atoms with Crippen LogP contribution < -0.4 is 5.32 Å². The van der Waals surface area contributed by atoms with Crippen molar-refractivity contribution in [3.05, 3.63) is 59.0 Å². The Morgan fingerprint density at radius 2 is 2.09 bits per heavy atom. The van der Waals surface area contributed by atoms with Crippen LogP contribution in [-0.2, 0) is 0 Å². The van der Waals surface area contributed by atoms with Crippen LogP contribution in [0.25, 0.3) is 10.7 Å². The summed E-state index contributed by atoms with van der Waals surface area (Å²) in [7, 11) is 0. The van der Waals surface area contributed by atoms with Crippen molar-refractivity contribution in [2.75, 3.05) is 5.32 Å². The van der Waals surface area contributed by atoms with Crippen LogP contribution in [0.2, 0.25) is 0 Å². The monoisotopic (exact) mass is 310 g/mol. The maximum Gasteiger partial charge on any atom is 0.275 e. The molecule has 2 aromatic heterocycles. The second-order valence-corrected chi connectivity index (χ2v) is 5.69. The molecule has 0 fully saturated rings. The molecule has 1 N–H and O–H groups in total. The normalized spacial score (nSPS) is 10.5. The highest BCUT2D eigenvalue weighted by molar-refractivity contribution is 7.13. The van der Waals surface area contributed by atoms with Crippen LogP contribution in [0.3, 0.4) is 0 Å². The van der Waals surface area contributed by atoms with Gasteiger partial charge in [-0.15, -0.1) is 11.3 Å². The number of carbonyl (C=O) groups is 1. The molecule has 110 valence electrons. The van der Waals surface area contributed by atoms with Crippen LogP contribution in [0, 0.1) is 13.8 Å². The van der Waals surface area contributed by atoms with Gasteiger partial charge in [0.1, 0.15) is 16.4 Å². The Labute approximate surface area is 132 Å². The first-order chi connectivity index (χ1) is 10.6. The van der Waals surface area contributed by atoms with E-state index in [1.807, 2.05) is 32.0 Å². The fourth-order valence-electron chi connectivity index (χ4n) is 1.98. The van der Waals surface area contributed by atoms with E-state index >= 15 is 0 Å². The Morgan fingerprint density at radius 3 is 2.86 bits per heavy atom. The molecule has 5 nitrogen and oxygen atoms in total. The number of nitrogens with one attached hydrogen (secondary N) is 1. The molecule has 0 aliphatic carbocycles. The lowest BCUT2D eigenvalue weighted by Crippen LogP contribution is -2.13. The number of amides is 1. The number of nitrogens with zero attached hydrogens (tertiary/aromatic N) is 3. The molecule has 3 rings (SSSR count). The minimum atomic E-state index is -0.222. The van der Waals surface area contributed by atoms with Gasteiger partial charge in [-0.1, -0.05) is 12.1 Å². The van der Waals surface area contributed by atoms with E-state index < -0.39 is 0 Å². The summed E-state index contributed by atoms with van der Waals surface area (Å²) in [4.78, 5) is 24.8. The van der Waals surface area contributed by atoms with Crippen molar-refractivity contribution in [3.8, 4) is 10.7 Å². The molecule has 0 bridgehead atoms. The van der Waals surface area contributed by atoms with Gasteiger partial charge in [-0.05, 0) is 31.0 Å². The molecule has 22 heavy (non-hydrogen) atoms. The Morgan fingerprint density at radius 1 is 1.23 bits per heavy atom. The minimum absolute atomic E-state index is 0.222. The number of carbonyl (C=O) groups excluding carboxylic acids is 1. The molecule has 0 spiro atoms. The topological polar surface area (TPSA) is 67.8 Å². The SMILES string of the molecule is Cc1cccc(NC(=O)c2csc(-c3cnccn3)n2)c1C. The zero-order valence-corrected chi connectivity index (χ0v) is 13.0. The predicted octanol–water partition coefficient (Wildman–Crippen LogP) is 3.47. The Kier molecular flexibility index (Phi) is 3.93. The van der Waals surface area contributed by atoms with Crippen molar-refractivity contribution in [3.63, 3.8) is 0 Å².